The van der Waals surface area contributed by atoms with Crippen LogP contribution in [0, 0.1) is 5.82 Å². The van der Waals surface area contributed by atoms with Gasteiger partial charge in [-0.2, -0.15) is 0 Å². The van der Waals surface area contributed by atoms with Crippen LogP contribution in [0.4, 0.5) is 4.39 Å². The molecular weight excluding hydrogens is 349 g/mol. The molecular formula is C20H16FN3O3. The lowest BCUT2D eigenvalue weighted by Gasteiger charge is -2.13. The van der Waals surface area contributed by atoms with Crippen LogP contribution < -0.4 is 15.0 Å². The van der Waals surface area contributed by atoms with Crippen molar-refractivity contribution in [2.45, 2.75) is 0 Å². The molecule has 136 valence electrons. The molecule has 0 radical (unpaired) electrons. The monoisotopic (exact) mass is 365 g/mol. The predicted molar refractivity (Wildman–Crippen MR) is 100 cm³/mol. The van der Waals surface area contributed by atoms with E-state index in [0.717, 1.165) is 0 Å². The van der Waals surface area contributed by atoms with E-state index in [1.807, 2.05) is 0 Å². The van der Waals surface area contributed by atoms with Gasteiger partial charge in [0, 0.05) is 18.5 Å². The molecule has 0 amide bonds. The van der Waals surface area contributed by atoms with Crippen LogP contribution >= 0.6 is 0 Å². The number of nitrogens with zero attached hydrogens (tertiary/aromatic N) is 2. The molecule has 2 heterocycles. The minimum absolute atomic E-state index is 0.359. The molecule has 2 aromatic heterocycles. The molecule has 0 saturated heterocycles. The van der Waals surface area contributed by atoms with Gasteiger partial charge in [-0.1, -0.05) is 0 Å². The summed E-state index contributed by atoms with van der Waals surface area (Å²) in [4.78, 5) is 19.7. The van der Waals surface area contributed by atoms with Gasteiger partial charge in [-0.05, 0) is 41.8 Å². The first-order valence-electron chi connectivity index (χ1n) is 8.19. The van der Waals surface area contributed by atoms with Crippen LogP contribution in [-0.2, 0) is 0 Å². The van der Waals surface area contributed by atoms with Crippen LogP contribution in [0.1, 0.15) is 0 Å². The molecule has 0 aliphatic heterocycles. The highest BCUT2D eigenvalue weighted by molar-refractivity contribution is 5.82. The van der Waals surface area contributed by atoms with Crippen molar-refractivity contribution < 1.29 is 13.9 Å². The summed E-state index contributed by atoms with van der Waals surface area (Å²) >= 11 is 0. The molecule has 0 unspecified atom stereocenters. The van der Waals surface area contributed by atoms with Gasteiger partial charge in [-0.3, -0.25) is 9.36 Å². The molecule has 0 spiro atoms. The number of nitrogens with one attached hydrogen (secondary N) is 1. The maximum atomic E-state index is 13.4. The van der Waals surface area contributed by atoms with Crippen LogP contribution in [0.25, 0.3) is 28.0 Å². The number of rotatable bonds is 4. The van der Waals surface area contributed by atoms with E-state index < -0.39 is 5.82 Å². The fraction of sp³-hybridized carbons (Fsp3) is 0.100. The minimum atomic E-state index is -0.409. The van der Waals surface area contributed by atoms with Crippen molar-refractivity contribution in [3.8, 4) is 28.6 Å². The van der Waals surface area contributed by atoms with Gasteiger partial charge in [-0.25, -0.2) is 9.37 Å². The summed E-state index contributed by atoms with van der Waals surface area (Å²) in [6.45, 7) is 0. The number of hydrogen-bond acceptors (Lipinski definition) is 4. The van der Waals surface area contributed by atoms with E-state index in [1.165, 1.54) is 12.1 Å². The molecule has 0 fully saturated rings. The first-order chi connectivity index (χ1) is 13.1. The van der Waals surface area contributed by atoms with E-state index in [1.54, 1.807) is 61.5 Å². The average molecular weight is 365 g/mol. The number of hydrogen-bond donors (Lipinski definition) is 1. The van der Waals surface area contributed by atoms with Crippen molar-refractivity contribution in [1.29, 1.82) is 0 Å². The lowest BCUT2D eigenvalue weighted by Crippen LogP contribution is -2.12. The van der Waals surface area contributed by atoms with Crippen LogP contribution in [0.5, 0.6) is 11.5 Å². The number of fused-ring (bicyclic) bond motifs is 1. The number of aromatic amines is 1. The lowest BCUT2D eigenvalue weighted by atomic mass is 10.1. The maximum Gasteiger partial charge on any atom is 0.259 e. The summed E-state index contributed by atoms with van der Waals surface area (Å²) < 4.78 is 25.9. The van der Waals surface area contributed by atoms with Crippen molar-refractivity contribution in [2.24, 2.45) is 0 Å². The summed E-state index contributed by atoms with van der Waals surface area (Å²) in [6.07, 6.45) is 3.34. The number of benzene rings is 2. The summed E-state index contributed by atoms with van der Waals surface area (Å²) in [5.74, 6) is 1.28. The maximum absolute atomic E-state index is 13.4. The Balaban J connectivity index is 1.93. The minimum Gasteiger partial charge on any atom is -0.497 e. The average Bonchev–Trinajstić information content (AvgIpc) is 3.16. The highest BCUT2D eigenvalue weighted by atomic mass is 19.1. The quantitative estimate of drug-likeness (QED) is 0.601. The molecule has 0 aliphatic carbocycles. The molecule has 6 nitrogen and oxygen atoms in total. The van der Waals surface area contributed by atoms with E-state index in [4.69, 9.17) is 9.47 Å². The molecule has 0 saturated carbocycles. The highest BCUT2D eigenvalue weighted by Gasteiger charge is 2.16. The summed E-state index contributed by atoms with van der Waals surface area (Å²) in [7, 11) is 3.15. The Morgan fingerprint density at radius 3 is 2.70 bits per heavy atom. The zero-order valence-corrected chi connectivity index (χ0v) is 14.7. The van der Waals surface area contributed by atoms with Crippen molar-refractivity contribution in [3.63, 3.8) is 0 Å². The van der Waals surface area contributed by atoms with E-state index >= 15 is 0 Å². The van der Waals surface area contributed by atoms with Crippen LogP contribution in [0.2, 0.25) is 0 Å². The fourth-order valence-electron chi connectivity index (χ4n) is 3.02. The number of aromatic nitrogens is 3. The topological polar surface area (TPSA) is 69.1 Å². The van der Waals surface area contributed by atoms with Gasteiger partial charge in [-0.15, -0.1) is 0 Å². The highest BCUT2D eigenvalue weighted by Crippen LogP contribution is 2.31. The summed E-state index contributed by atoms with van der Waals surface area (Å²) in [5.41, 5.74) is 1.12. The third-order valence-electron chi connectivity index (χ3n) is 4.34. The van der Waals surface area contributed by atoms with E-state index in [2.05, 4.69) is 9.97 Å². The fourth-order valence-corrected chi connectivity index (χ4v) is 3.02. The molecule has 1 N–H and O–H groups in total. The number of pyridine rings is 1. The molecule has 4 aromatic rings. The molecule has 27 heavy (non-hydrogen) atoms. The number of ether oxygens (including phenoxy) is 2. The first-order valence-corrected chi connectivity index (χ1v) is 8.19. The summed E-state index contributed by atoms with van der Waals surface area (Å²) in [5, 5.41) is 0.707. The SMILES string of the molecule is COc1ccc(OC)c(-n2ccnc2-c2cc3ccc(F)cc3[nH]c2=O)c1. The Hall–Kier alpha value is -3.61. The number of methoxy groups -OCH3 is 2. The third-order valence-corrected chi connectivity index (χ3v) is 4.34. The van der Waals surface area contributed by atoms with E-state index in [0.29, 0.717) is 39.5 Å². The van der Waals surface area contributed by atoms with Gasteiger partial charge in [0.1, 0.15) is 23.1 Å². The second-order valence-electron chi connectivity index (χ2n) is 5.90. The van der Waals surface area contributed by atoms with Crippen LogP contribution in [0.3, 0.4) is 0 Å². The Bertz CT molecular complexity index is 1200. The van der Waals surface area contributed by atoms with Gasteiger partial charge >= 0.3 is 0 Å². The summed E-state index contributed by atoms with van der Waals surface area (Å²) in [6, 6.07) is 11.3. The zero-order valence-electron chi connectivity index (χ0n) is 14.7. The van der Waals surface area contributed by atoms with Gasteiger partial charge in [0.15, 0.2) is 0 Å². The second-order valence-corrected chi connectivity index (χ2v) is 5.90. The van der Waals surface area contributed by atoms with Crippen LogP contribution in [-0.4, -0.2) is 28.8 Å². The van der Waals surface area contributed by atoms with Crippen LogP contribution in [0.15, 0.2) is 59.7 Å². The van der Waals surface area contributed by atoms with Gasteiger partial charge < -0.3 is 14.5 Å². The Kier molecular flexibility index (Phi) is 4.12. The predicted octanol–water partition coefficient (Wildman–Crippen LogP) is 3.54. The normalized spacial score (nSPS) is 10.9. The number of imidazole rings is 1. The van der Waals surface area contributed by atoms with Gasteiger partial charge in [0.05, 0.1) is 31.0 Å². The van der Waals surface area contributed by atoms with Gasteiger partial charge in [0.25, 0.3) is 5.56 Å². The Labute approximate surface area is 153 Å². The molecule has 2 aromatic carbocycles. The van der Waals surface area contributed by atoms with Crippen molar-refractivity contribution in [3.05, 3.63) is 71.0 Å². The molecule has 0 aliphatic rings. The number of H-pyrrole nitrogens is 1. The largest absolute Gasteiger partial charge is 0.497 e. The standard InChI is InChI=1S/C20H16FN3O3/c1-26-14-5-6-18(27-2)17(11-14)24-8-7-22-19(24)15-9-12-3-4-13(21)10-16(12)23-20(15)25/h3-11H,1-2H3,(H,23,25). The van der Waals surface area contributed by atoms with Crippen molar-refractivity contribution in [1.82, 2.24) is 14.5 Å². The van der Waals surface area contributed by atoms with E-state index in [9.17, 15) is 9.18 Å². The number of halogens is 1. The van der Waals surface area contributed by atoms with E-state index in [-0.39, 0.29) is 5.56 Å². The molecule has 4 rings (SSSR count). The Morgan fingerprint density at radius 2 is 1.93 bits per heavy atom. The van der Waals surface area contributed by atoms with Crippen molar-refractivity contribution >= 4 is 10.9 Å². The lowest BCUT2D eigenvalue weighted by molar-refractivity contribution is 0.401. The first kappa shape index (κ1) is 16.8. The zero-order chi connectivity index (χ0) is 19.0. The molecule has 0 atom stereocenters. The smallest absolute Gasteiger partial charge is 0.259 e. The Morgan fingerprint density at radius 1 is 1.07 bits per heavy atom. The third kappa shape index (κ3) is 2.93. The van der Waals surface area contributed by atoms with Crippen molar-refractivity contribution in [2.75, 3.05) is 14.2 Å². The second kappa shape index (κ2) is 6.60. The van der Waals surface area contributed by atoms with Gasteiger partial charge in [0.2, 0.25) is 0 Å². The molecule has 0 bridgehead atoms. The molecule has 7 heteroatoms.